The van der Waals surface area contributed by atoms with Crippen molar-refractivity contribution in [3.05, 3.63) is 6.20 Å². The lowest BCUT2D eigenvalue weighted by molar-refractivity contribution is 0.252. The molecule has 98 valence electrons. The van der Waals surface area contributed by atoms with Gasteiger partial charge in [0.2, 0.25) is 10.0 Å². The second-order valence-electron chi connectivity index (χ2n) is 3.63. The van der Waals surface area contributed by atoms with Gasteiger partial charge in [0.1, 0.15) is 10.7 Å². The highest BCUT2D eigenvalue weighted by atomic mass is 32.2. The summed E-state index contributed by atoms with van der Waals surface area (Å²) in [6, 6.07) is 0. The van der Waals surface area contributed by atoms with Crippen LogP contribution in [-0.2, 0) is 10.0 Å². The Morgan fingerprint density at radius 1 is 1.53 bits per heavy atom. The van der Waals surface area contributed by atoms with Gasteiger partial charge in [-0.1, -0.05) is 13.3 Å². The Balaban J connectivity index is 2.96. The molecule has 0 saturated carbocycles. The standard InChI is InChI=1S/C9H18N4O3S/c1-2-3-4-13(5-6-14)17(15,16)8-7-11-12-9(8)10/h7,14H,2-6H2,1H3,(H3,10,11,12). The summed E-state index contributed by atoms with van der Waals surface area (Å²) in [5, 5.41) is 14.9. The molecule has 7 nitrogen and oxygen atoms in total. The quantitative estimate of drug-likeness (QED) is 0.628. The van der Waals surface area contributed by atoms with Crippen LogP contribution in [0.1, 0.15) is 19.8 Å². The Bertz CT molecular complexity index is 443. The van der Waals surface area contributed by atoms with Crippen LogP contribution in [0.3, 0.4) is 0 Å². The molecule has 0 amide bonds. The minimum atomic E-state index is -3.67. The zero-order valence-electron chi connectivity index (χ0n) is 9.76. The van der Waals surface area contributed by atoms with E-state index in [1.807, 2.05) is 6.92 Å². The summed E-state index contributed by atoms with van der Waals surface area (Å²) >= 11 is 0. The molecule has 1 rings (SSSR count). The minimum Gasteiger partial charge on any atom is -0.395 e. The summed E-state index contributed by atoms with van der Waals surface area (Å²) in [7, 11) is -3.67. The number of nitrogens with zero attached hydrogens (tertiary/aromatic N) is 2. The largest absolute Gasteiger partial charge is 0.395 e. The predicted octanol–water partition coefficient (Wildman–Crippen LogP) is -0.225. The molecule has 17 heavy (non-hydrogen) atoms. The van der Waals surface area contributed by atoms with Crippen LogP contribution in [0.15, 0.2) is 11.1 Å². The summed E-state index contributed by atoms with van der Waals surface area (Å²) < 4.78 is 25.6. The van der Waals surface area contributed by atoms with Gasteiger partial charge in [0.05, 0.1) is 12.8 Å². The zero-order chi connectivity index (χ0) is 12.9. The fourth-order valence-corrected chi connectivity index (χ4v) is 2.91. The number of nitrogen functional groups attached to an aromatic ring is 1. The van der Waals surface area contributed by atoms with E-state index in [1.165, 1.54) is 10.5 Å². The SMILES string of the molecule is CCCCN(CCO)S(=O)(=O)c1cn[nH]c1N. The average molecular weight is 262 g/mol. The molecule has 1 aromatic rings. The molecule has 1 aromatic heterocycles. The molecule has 0 radical (unpaired) electrons. The number of nitrogens with two attached hydrogens (primary N) is 1. The van der Waals surface area contributed by atoms with Crippen molar-refractivity contribution in [1.82, 2.24) is 14.5 Å². The summed E-state index contributed by atoms with van der Waals surface area (Å²) in [5.41, 5.74) is 5.50. The number of aliphatic hydroxyl groups is 1. The van der Waals surface area contributed by atoms with Crippen molar-refractivity contribution < 1.29 is 13.5 Å². The molecule has 0 saturated heterocycles. The molecule has 0 atom stereocenters. The van der Waals surface area contributed by atoms with Crippen LogP contribution in [-0.4, -0.2) is 47.7 Å². The Kier molecular flexibility index (Phi) is 4.91. The predicted molar refractivity (Wildman–Crippen MR) is 63.8 cm³/mol. The Hall–Kier alpha value is -1.12. The van der Waals surface area contributed by atoms with E-state index in [0.717, 1.165) is 12.8 Å². The molecule has 0 spiro atoms. The number of aliphatic hydroxyl groups excluding tert-OH is 1. The number of rotatable bonds is 7. The van der Waals surface area contributed by atoms with Gasteiger partial charge in [0.15, 0.2) is 0 Å². The maximum atomic E-state index is 12.2. The van der Waals surface area contributed by atoms with Crippen molar-refractivity contribution in [3.8, 4) is 0 Å². The highest BCUT2D eigenvalue weighted by molar-refractivity contribution is 7.89. The molecular formula is C9H18N4O3S. The summed E-state index contributed by atoms with van der Waals surface area (Å²) in [6.07, 6.45) is 2.79. The lowest BCUT2D eigenvalue weighted by Crippen LogP contribution is -2.34. The van der Waals surface area contributed by atoms with E-state index in [0.29, 0.717) is 6.54 Å². The van der Waals surface area contributed by atoms with E-state index < -0.39 is 10.0 Å². The minimum absolute atomic E-state index is 0.0180. The van der Waals surface area contributed by atoms with E-state index in [-0.39, 0.29) is 23.9 Å². The van der Waals surface area contributed by atoms with Gasteiger partial charge in [-0.3, -0.25) is 5.10 Å². The summed E-state index contributed by atoms with van der Waals surface area (Å²) in [5.74, 6) is 0.0180. The van der Waals surface area contributed by atoms with Gasteiger partial charge >= 0.3 is 0 Å². The molecule has 8 heteroatoms. The molecule has 0 unspecified atom stereocenters. The van der Waals surface area contributed by atoms with Crippen molar-refractivity contribution in [2.24, 2.45) is 0 Å². The van der Waals surface area contributed by atoms with Gasteiger partial charge in [-0.25, -0.2) is 8.42 Å². The highest BCUT2D eigenvalue weighted by Crippen LogP contribution is 2.19. The van der Waals surface area contributed by atoms with Crippen LogP contribution >= 0.6 is 0 Å². The molecule has 0 aliphatic carbocycles. The maximum absolute atomic E-state index is 12.2. The van der Waals surface area contributed by atoms with Gasteiger partial charge < -0.3 is 10.8 Å². The summed E-state index contributed by atoms with van der Waals surface area (Å²) in [4.78, 5) is -0.0398. The smallest absolute Gasteiger partial charge is 0.248 e. The van der Waals surface area contributed by atoms with Gasteiger partial charge in [0.25, 0.3) is 0 Å². The monoisotopic (exact) mass is 262 g/mol. The van der Waals surface area contributed by atoms with E-state index in [4.69, 9.17) is 10.8 Å². The first-order chi connectivity index (χ1) is 8.04. The molecule has 0 bridgehead atoms. The number of anilines is 1. The zero-order valence-corrected chi connectivity index (χ0v) is 10.6. The van der Waals surface area contributed by atoms with Crippen LogP contribution in [0.4, 0.5) is 5.82 Å². The van der Waals surface area contributed by atoms with Crippen molar-refractivity contribution in [2.75, 3.05) is 25.4 Å². The lowest BCUT2D eigenvalue weighted by Gasteiger charge is -2.20. The third kappa shape index (κ3) is 3.18. The van der Waals surface area contributed by atoms with Crippen LogP contribution < -0.4 is 5.73 Å². The number of sulfonamides is 1. The number of hydrogen-bond donors (Lipinski definition) is 3. The number of unbranched alkanes of at least 4 members (excludes halogenated alkanes) is 1. The topological polar surface area (TPSA) is 112 Å². The third-order valence-corrected chi connectivity index (χ3v) is 4.29. The van der Waals surface area contributed by atoms with Crippen LogP contribution in [0.5, 0.6) is 0 Å². The van der Waals surface area contributed by atoms with Crippen molar-refractivity contribution in [3.63, 3.8) is 0 Å². The van der Waals surface area contributed by atoms with Crippen LogP contribution in [0.2, 0.25) is 0 Å². The van der Waals surface area contributed by atoms with Gasteiger partial charge in [-0.05, 0) is 6.42 Å². The van der Waals surface area contributed by atoms with Gasteiger partial charge in [0, 0.05) is 13.1 Å². The lowest BCUT2D eigenvalue weighted by atomic mass is 10.3. The maximum Gasteiger partial charge on any atom is 0.248 e. The first kappa shape index (κ1) is 13.9. The van der Waals surface area contributed by atoms with Gasteiger partial charge in [-0.2, -0.15) is 9.40 Å². The second-order valence-corrected chi connectivity index (χ2v) is 5.54. The average Bonchev–Trinajstić information content (AvgIpc) is 2.71. The third-order valence-electron chi connectivity index (χ3n) is 2.36. The molecular weight excluding hydrogens is 244 g/mol. The fraction of sp³-hybridized carbons (Fsp3) is 0.667. The first-order valence-electron chi connectivity index (χ1n) is 5.43. The van der Waals surface area contributed by atoms with Crippen molar-refractivity contribution in [1.29, 1.82) is 0 Å². The Morgan fingerprint density at radius 2 is 2.24 bits per heavy atom. The molecule has 1 heterocycles. The fourth-order valence-electron chi connectivity index (χ4n) is 1.43. The number of H-pyrrole nitrogens is 1. The normalized spacial score (nSPS) is 12.2. The van der Waals surface area contributed by atoms with E-state index in [1.54, 1.807) is 0 Å². The van der Waals surface area contributed by atoms with E-state index in [9.17, 15) is 8.42 Å². The molecule has 4 N–H and O–H groups in total. The van der Waals surface area contributed by atoms with Crippen molar-refractivity contribution >= 4 is 15.8 Å². The van der Waals surface area contributed by atoms with Crippen LogP contribution in [0, 0.1) is 0 Å². The van der Waals surface area contributed by atoms with E-state index in [2.05, 4.69) is 10.2 Å². The summed E-state index contributed by atoms with van der Waals surface area (Å²) in [6.45, 7) is 2.17. The number of aromatic nitrogens is 2. The highest BCUT2D eigenvalue weighted by Gasteiger charge is 2.26. The van der Waals surface area contributed by atoms with Crippen molar-refractivity contribution in [2.45, 2.75) is 24.7 Å². The second kappa shape index (κ2) is 5.99. The molecule has 0 fully saturated rings. The van der Waals surface area contributed by atoms with Gasteiger partial charge in [-0.15, -0.1) is 0 Å². The molecule has 0 aliphatic rings. The van der Waals surface area contributed by atoms with E-state index >= 15 is 0 Å². The Morgan fingerprint density at radius 3 is 2.71 bits per heavy atom. The number of aromatic amines is 1. The number of hydrogen-bond acceptors (Lipinski definition) is 5. The first-order valence-corrected chi connectivity index (χ1v) is 6.88. The molecule has 0 aliphatic heterocycles. The number of nitrogens with one attached hydrogen (secondary N) is 1. The molecule has 0 aromatic carbocycles. The van der Waals surface area contributed by atoms with Crippen LogP contribution in [0.25, 0.3) is 0 Å². The Labute approximate surface area is 101 Å².